The Labute approximate surface area is 177 Å². The van der Waals surface area contributed by atoms with Gasteiger partial charge in [0.2, 0.25) is 15.9 Å². The third kappa shape index (κ3) is 4.71. The van der Waals surface area contributed by atoms with E-state index in [0.29, 0.717) is 37.2 Å². The number of anilines is 1. The third-order valence-corrected chi connectivity index (χ3v) is 7.30. The normalized spacial score (nSPS) is 15.6. The minimum atomic E-state index is -3.55. The smallest absolute Gasteiger partial charge is 0.337 e. The number of methoxy groups -OCH3 is 1. The predicted molar refractivity (Wildman–Crippen MR) is 114 cm³/mol. The minimum Gasteiger partial charge on any atom is -0.465 e. The first-order valence-corrected chi connectivity index (χ1v) is 11.2. The molecule has 30 heavy (non-hydrogen) atoms. The van der Waals surface area contributed by atoms with E-state index in [1.807, 2.05) is 6.92 Å². The molecule has 1 saturated heterocycles. The standard InChI is InChI=1S/C22H26N2O5S/c1-15-4-7-19(8-5-15)30(27,28)24-12-10-17(11-13-24)21(25)23-20-9-6-18(14-16(20)2)22(26)29-3/h4-9,14,17H,10-13H2,1-3H3,(H,23,25). The second-order valence-corrected chi connectivity index (χ2v) is 9.44. The number of piperidine rings is 1. The molecule has 1 fully saturated rings. The molecule has 1 heterocycles. The van der Waals surface area contributed by atoms with Gasteiger partial charge in [-0.15, -0.1) is 0 Å². The molecule has 0 atom stereocenters. The van der Waals surface area contributed by atoms with E-state index in [1.165, 1.54) is 11.4 Å². The Hall–Kier alpha value is -2.71. The van der Waals surface area contributed by atoms with Crippen molar-refractivity contribution >= 4 is 27.6 Å². The van der Waals surface area contributed by atoms with Crippen LogP contribution in [0.2, 0.25) is 0 Å². The molecule has 0 spiro atoms. The summed E-state index contributed by atoms with van der Waals surface area (Å²) in [6, 6.07) is 11.7. The predicted octanol–water partition coefficient (Wildman–Crippen LogP) is 3.13. The molecule has 1 aliphatic rings. The summed E-state index contributed by atoms with van der Waals surface area (Å²) in [4.78, 5) is 24.6. The van der Waals surface area contributed by atoms with E-state index in [0.717, 1.165) is 11.1 Å². The average Bonchev–Trinajstić information content (AvgIpc) is 2.75. The maximum absolute atomic E-state index is 12.8. The number of nitrogens with zero attached hydrogens (tertiary/aromatic N) is 1. The van der Waals surface area contributed by atoms with Crippen LogP contribution in [0.4, 0.5) is 5.69 Å². The van der Waals surface area contributed by atoms with Crippen LogP contribution in [0.25, 0.3) is 0 Å². The van der Waals surface area contributed by atoms with Gasteiger partial charge in [-0.2, -0.15) is 4.31 Å². The molecule has 7 nitrogen and oxygen atoms in total. The number of rotatable bonds is 5. The maximum atomic E-state index is 12.8. The number of carbonyl (C=O) groups excluding carboxylic acids is 2. The number of esters is 1. The lowest BCUT2D eigenvalue weighted by atomic mass is 9.97. The molecule has 0 unspecified atom stereocenters. The molecule has 3 rings (SSSR count). The summed E-state index contributed by atoms with van der Waals surface area (Å²) in [5.74, 6) is -0.844. The average molecular weight is 431 g/mol. The van der Waals surface area contributed by atoms with Crippen molar-refractivity contribution in [3.05, 3.63) is 59.2 Å². The van der Waals surface area contributed by atoms with E-state index in [4.69, 9.17) is 4.74 Å². The second kappa shape index (κ2) is 8.97. The monoisotopic (exact) mass is 430 g/mol. The zero-order valence-corrected chi connectivity index (χ0v) is 18.2. The fraction of sp³-hybridized carbons (Fsp3) is 0.364. The van der Waals surface area contributed by atoms with Crippen LogP contribution in [0.5, 0.6) is 0 Å². The van der Waals surface area contributed by atoms with Crippen molar-refractivity contribution in [1.29, 1.82) is 0 Å². The summed E-state index contributed by atoms with van der Waals surface area (Å²) in [5.41, 5.74) is 2.80. The highest BCUT2D eigenvalue weighted by molar-refractivity contribution is 7.89. The van der Waals surface area contributed by atoms with Crippen molar-refractivity contribution in [1.82, 2.24) is 4.31 Å². The topological polar surface area (TPSA) is 92.8 Å². The third-order valence-electron chi connectivity index (χ3n) is 5.39. The van der Waals surface area contributed by atoms with Crippen molar-refractivity contribution < 1.29 is 22.7 Å². The highest BCUT2D eigenvalue weighted by Gasteiger charge is 2.32. The molecule has 1 aliphatic heterocycles. The van der Waals surface area contributed by atoms with E-state index in [9.17, 15) is 18.0 Å². The first-order chi connectivity index (χ1) is 14.2. The van der Waals surface area contributed by atoms with E-state index in [1.54, 1.807) is 49.4 Å². The molecule has 160 valence electrons. The molecule has 0 bridgehead atoms. The minimum absolute atomic E-state index is 0.142. The van der Waals surface area contributed by atoms with Crippen LogP contribution in [-0.2, 0) is 19.6 Å². The van der Waals surface area contributed by atoms with E-state index in [-0.39, 0.29) is 16.7 Å². The lowest BCUT2D eigenvalue weighted by Gasteiger charge is -2.30. The number of ether oxygens (including phenoxy) is 1. The summed E-state index contributed by atoms with van der Waals surface area (Å²) in [6.07, 6.45) is 0.909. The Morgan fingerprint density at radius 2 is 1.67 bits per heavy atom. The Bertz CT molecular complexity index is 1040. The summed E-state index contributed by atoms with van der Waals surface area (Å²) in [6.45, 7) is 4.31. The van der Waals surface area contributed by atoms with Gasteiger partial charge in [0.1, 0.15) is 0 Å². The van der Waals surface area contributed by atoms with Crippen LogP contribution in [0.1, 0.15) is 34.3 Å². The molecule has 0 aromatic heterocycles. The number of nitrogens with one attached hydrogen (secondary N) is 1. The van der Waals surface area contributed by atoms with Crippen LogP contribution in [0.3, 0.4) is 0 Å². The molecule has 0 saturated carbocycles. The Morgan fingerprint density at radius 3 is 2.23 bits per heavy atom. The molecule has 2 aromatic carbocycles. The van der Waals surface area contributed by atoms with E-state index in [2.05, 4.69) is 5.32 Å². The van der Waals surface area contributed by atoms with Crippen LogP contribution in [0, 0.1) is 19.8 Å². The lowest BCUT2D eigenvalue weighted by molar-refractivity contribution is -0.120. The zero-order chi connectivity index (χ0) is 21.9. The fourth-order valence-corrected chi connectivity index (χ4v) is 4.97. The van der Waals surface area contributed by atoms with Crippen molar-refractivity contribution in [3.63, 3.8) is 0 Å². The fourth-order valence-electron chi connectivity index (χ4n) is 3.50. The number of hydrogen-bond acceptors (Lipinski definition) is 5. The van der Waals surface area contributed by atoms with Gasteiger partial charge in [0.25, 0.3) is 0 Å². The van der Waals surface area contributed by atoms with Crippen LogP contribution < -0.4 is 5.32 Å². The number of amides is 1. The number of hydrogen-bond donors (Lipinski definition) is 1. The van der Waals surface area contributed by atoms with Crippen molar-refractivity contribution in [3.8, 4) is 0 Å². The lowest BCUT2D eigenvalue weighted by Crippen LogP contribution is -2.41. The van der Waals surface area contributed by atoms with Crippen LogP contribution in [-0.4, -0.2) is 44.8 Å². The molecule has 1 amide bonds. The summed E-state index contributed by atoms with van der Waals surface area (Å²) < 4.78 is 31.8. The zero-order valence-electron chi connectivity index (χ0n) is 17.3. The van der Waals surface area contributed by atoms with Crippen molar-refractivity contribution in [2.24, 2.45) is 5.92 Å². The largest absolute Gasteiger partial charge is 0.465 e. The molecule has 2 aromatic rings. The summed E-state index contributed by atoms with van der Waals surface area (Å²) in [7, 11) is -2.23. The van der Waals surface area contributed by atoms with Gasteiger partial charge >= 0.3 is 5.97 Å². The first kappa shape index (κ1) is 22.0. The molecule has 1 N–H and O–H groups in total. The highest BCUT2D eigenvalue weighted by Crippen LogP contribution is 2.26. The van der Waals surface area contributed by atoms with Gasteiger partial charge in [0, 0.05) is 24.7 Å². The molecular formula is C22H26N2O5S. The van der Waals surface area contributed by atoms with Crippen LogP contribution >= 0.6 is 0 Å². The summed E-state index contributed by atoms with van der Waals surface area (Å²) in [5, 5.41) is 2.90. The number of sulfonamides is 1. The van der Waals surface area contributed by atoms with Gasteiger partial charge in [0.05, 0.1) is 17.6 Å². The molecule has 0 aliphatic carbocycles. The van der Waals surface area contributed by atoms with Gasteiger partial charge < -0.3 is 10.1 Å². The van der Waals surface area contributed by atoms with Gasteiger partial charge in [0.15, 0.2) is 0 Å². The molecule has 8 heteroatoms. The van der Waals surface area contributed by atoms with Gasteiger partial charge in [-0.05, 0) is 62.6 Å². The molecule has 0 radical (unpaired) electrons. The number of benzene rings is 2. The van der Waals surface area contributed by atoms with Crippen molar-refractivity contribution in [2.75, 3.05) is 25.5 Å². The van der Waals surface area contributed by atoms with E-state index >= 15 is 0 Å². The quantitative estimate of drug-likeness (QED) is 0.736. The second-order valence-electron chi connectivity index (χ2n) is 7.50. The van der Waals surface area contributed by atoms with Gasteiger partial charge in [-0.25, -0.2) is 13.2 Å². The highest BCUT2D eigenvalue weighted by atomic mass is 32.2. The SMILES string of the molecule is COC(=O)c1ccc(NC(=O)C2CCN(S(=O)(=O)c3ccc(C)cc3)CC2)c(C)c1. The molecular weight excluding hydrogens is 404 g/mol. The maximum Gasteiger partial charge on any atom is 0.337 e. The Morgan fingerprint density at radius 1 is 1.03 bits per heavy atom. The van der Waals surface area contributed by atoms with Gasteiger partial charge in [-0.3, -0.25) is 4.79 Å². The summed E-state index contributed by atoms with van der Waals surface area (Å²) >= 11 is 0. The van der Waals surface area contributed by atoms with E-state index < -0.39 is 16.0 Å². The van der Waals surface area contributed by atoms with Crippen molar-refractivity contribution in [2.45, 2.75) is 31.6 Å². The van der Waals surface area contributed by atoms with Gasteiger partial charge in [-0.1, -0.05) is 17.7 Å². The number of aryl methyl sites for hydroxylation is 2. The van der Waals surface area contributed by atoms with Crippen LogP contribution in [0.15, 0.2) is 47.4 Å². The number of carbonyl (C=O) groups is 2. The Kier molecular flexibility index (Phi) is 6.58. The first-order valence-electron chi connectivity index (χ1n) is 9.79. The Balaban J connectivity index is 1.62.